The first-order chi connectivity index (χ1) is 14.5. The van der Waals surface area contributed by atoms with Crippen LogP contribution in [0.3, 0.4) is 0 Å². The van der Waals surface area contributed by atoms with Gasteiger partial charge in [-0.1, -0.05) is 48.5 Å². The van der Waals surface area contributed by atoms with Gasteiger partial charge >= 0.3 is 0 Å². The smallest absolute Gasteiger partial charge is 0.252 e. The molecular weight excluding hydrogens is 388 g/mol. The topological polar surface area (TPSA) is 41.1 Å². The minimum atomic E-state index is -0.0892. The number of fused-ring (bicyclic) bond motifs is 1. The summed E-state index contributed by atoms with van der Waals surface area (Å²) in [6.45, 7) is 6.88. The highest BCUT2D eigenvalue weighted by Gasteiger charge is 2.16. The van der Waals surface area contributed by atoms with E-state index in [1.54, 1.807) is 11.3 Å². The largest absolute Gasteiger partial charge is 0.380 e. The minimum Gasteiger partial charge on any atom is -0.380 e. The van der Waals surface area contributed by atoms with E-state index in [0.717, 1.165) is 23.4 Å². The summed E-state index contributed by atoms with van der Waals surface area (Å²) in [7, 11) is 0. The molecule has 0 fully saturated rings. The van der Waals surface area contributed by atoms with Gasteiger partial charge in [-0.05, 0) is 66.9 Å². The zero-order valence-corrected chi connectivity index (χ0v) is 18.3. The van der Waals surface area contributed by atoms with E-state index in [0.29, 0.717) is 5.56 Å². The Morgan fingerprint density at radius 2 is 1.77 bits per heavy atom. The quantitative estimate of drug-likeness (QED) is 0.372. The molecule has 1 amide bonds. The Morgan fingerprint density at radius 1 is 0.967 bits per heavy atom. The van der Waals surface area contributed by atoms with E-state index in [9.17, 15) is 4.79 Å². The van der Waals surface area contributed by atoms with Crippen molar-refractivity contribution in [2.24, 2.45) is 0 Å². The number of carbonyl (C=O) groups excluding carboxylic acids is 1. The lowest BCUT2D eigenvalue weighted by atomic mass is 9.99. The summed E-state index contributed by atoms with van der Waals surface area (Å²) in [5.41, 5.74) is 3.75. The SMILES string of the molecule is Cc1ccc(CNc2ccc(C)c(C(=O)N[C@H](C)c3cccc4ccccc34)c2)s1. The number of hydrogen-bond donors (Lipinski definition) is 2. The van der Waals surface area contributed by atoms with E-state index in [2.05, 4.69) is 54.0 Å². The summed E-state index contributed by atoms with van der Waals surface area (Å²) >= 11 is 1.79. The molecule has 0 saturated heterocycles. The van der Waals surface area contributed by atoms with Gasteiger partial charge in [0, 0.05) is 27.5 Å². The van der Waals surface area contributed by atoms with E-state index >= 15 is 0 Å². The first-order valence-electron chi connectivity index (χ1n) is 10.2. The monoisotopic (exact) mass is 414 g/mol. The van der Waals surface area contributed by atoms with Crippen LogP contribution in [0, 0.1) is 13.8 Å². The Labute approximate surface area is 181 Å². The number of aryl methyl sites for hydroxylation is 2. The molecule has 0 radical (unpaired) electrons. The van der Waals surface area contributed by atoms with Crippen LogP contribution < -0.4 is 10.6 Å². The number of anilines is 1. The molecule has 0 aliphatic rings. The summed E-state index contributed by atoms with van der Waals surface area (Å²) in [6.07, 6.45) is 0. The molecule has 4 heteroatoms. The van der Waals surface area contributed by atoms with Crippen molar-refractivity contribution in [3.8, 4) is 0 Å². The third-order valence-electron chi connectivity index (χ3n) is 5.38. The summed E-state index contributed by atoms with van der Waals surface area (Å²) in [6, 6.07) is 24.7. The van der Waals surface area contributed by atoms with Crippen molar-refractivity contribution < 1.29 is 4.79 Å². The molecule has 0 saturated carbocycles. The number of nitrogens with one attached hydrogen (secondary N) is 2. The van der Waals surface area contributed by atoms with Crippen LogP contribution in [0.2, 0.25) is 0 Å². The second-order valence-corrected chi connectivity index (χ2v) is 9.03. The van der Waals surface area contributed by atoms with E-state index < -0.39 is 0 Å². The van der Waals surface area contributed by atoms with Crippen molar-refractivity contribution in [3.63, 3.8) is 0 Å². The Bertz CT molecular complexity index is 1190. The third-order valence-corrected chi connectivity index (χ3v) is 6.38. The van der Waals surface area contributed by atoms with E-state index in [1.807, 2.05) is 50.2 Å². The molecule has 4 aromatic rings. The van der Waals surface area contributed by atoms with Crippen LogP contribution in [0.25, 0.3) is 10.8 Å². The molecule has 30 heavy (non-hydrogen) atoms. The summed E-state index contributed by atoms with van der Waals surface area (Å²) < 4.78 is 0. The number of benzene rings is 3. The van der Waals surface area contributed by atoms with Gasteiger partial charge in [-0.3, -0.25) is 4.79 Å². The van der Waals surface area contributed by atoms with E-state index in [4.69, 9.17) is 0 Å². The fourth-order valence-corrected chi connectivity index (χ4v) is 4.56. The fourth-order valence-electron chi connectivity index (χ4n) is 3.73. The second-order valence-electron chi connectivity index (χ2n) is 7.66. The molecule has 0 bridgehead atoms. The first kappa shape index (κ1) is 20.2. The van der Waals surface area contributed by atoms with Gasteiger partial charge in [0.05, 0.1) is 6.04 Å². The van der Waals surface area contributed by atoms with Crippen LogP contribution in [0.15, 0.2) is 72.8 Å². The van der Waals surface area contributed by atoms with Gasteiger partial charge in [-0.2, -0.15) is 0 Å². The maximum absolute atomic E-state index is 13.1. The molecule has 0 aliphatic carbocycles. The van der Waals surface area contributed by atoms with Crippen molar-refractivity contribution in [1.82, 2.24) is 5.32 Å². The Balaban J connectivity index is 1.51. The summed E-state index contributed by atoms with van der Waals surface area (Å²) in [5, 5.41) is 8.98. The zero-order valence-electron chi connectivity index (χ0n) is 17.5. The molecule has 2 N–H and O–H groups in total. The molecule has 1 aromatic heterocycles. The Morgan fingerprint density at radius 3 is 2.57 bits per heavy atom. The highest BCUT2D eigenvalue weighted by atomic mass is 32.1. The van der Waals surface area contributed by atoms with E-state index in [1.165, 1.54) is 20.5 Å². The van der Waals surface area contributed by atoms with Gasteiger partial charge in [0.1, 0.15) is 0 Å². The second kappa shape index (κ2) is 8.72. The predicted molar refractivity (Wildman–Crippen MR) is 127 cm³/mol. The Hall–Kier alpha value is -3.11. The number of thiophene rings is 1. The van der Waals surface area contributed by atoms with Gasteiger partial charge in [-0.25, -0.2) is 0 Å². The van der Waals surface area contributed by atoms with Crippen molar-refractivity contribution in [3.05, 3.63) is 99.2 Å². The Kier molecular flexibility index (Phi) is 5.86. The van der Waals surface area contributed by atoms with Crippen LogP contribution in [-0.2, 0) is 6.54 Å². The van der Waals surface area contributed by atoms with E-state index in [-0.39, 0.29) is 11.9 Å². The average Bonchev–Trinajstić information content (AvgIpc) is 3.17. The number of rotatable bonds is 6. The fraction of sp³-hybridized carbons (Fsp3) is 0.192. The predicted octanol–water partition coefficient (Wildman–Crippen LogP) is 6.62. The number of carbonyl (C=O) groups is 1. The van der Waals surface area contributed by atoms with Gasteiger partial charge < -0.3 is 10.6 Å². The van der Waals surface area contributed by atoms with Crippen LogP contribution >= 0.6 is 11.3 Å². The molecule has 3 nitrogen and oxygen atoms in total. The highest BCUT2D eigenvalue weighted by molar-refractivity contribution is 7.11. The van der Waals surface area contributed by atoms with Gasteiger partial charge in [-0.15, -0.1) is 11.3 Å². The number of hydrogen-bond acceptors (Lipinski definition) is 3. The molecule has 152 valence electrons. The third kappa shape index (κ3) is 4.39. The molecule has 1 atom stereocenters. The molecular formula is C26H26N2OS. The van der Waals surface area contributed by atoms with Crippen LogP contribution in [-0.4, -0.2) is 5.91 Å². The molecule has 0 aliphatic heterocycles. The van der Waals surface area contributed by atoms with Crippen molar-refractivity contribution in [2.45, 2.75) is 33.4 Å². The van der Waals surface area contributed by atoms with Crippen molar-refractivity contribution >= 4 is 33.7 Å². The van der Waals surface area contributed by atoms with Crippen molar-refractivity contribution in [1.29, 1.82) is 0 Å². The maximum atomic E-state index is 13.1. The molecule has 3 aromatic carbocycles. The summed E-state index contributed by atoms with van der Waals surface area (Å²) in [5.74, 6) is -0.0523. The van der Waals surface area contributed by atoms with Gasteiger partial charge in [0.15, 0.2) is 0 Å². The molecule has 1 heterocycles. The lowest BCUT2D eigenvalue weighted by Crippen LogP contribution is -2.27. The molecule has 4 rings (SSSR count). The average molecular weight is 415 g/mol. The highest BCUT2D eigenvalue weighted by Crippen LogP contribution is 2.25. The standard InChI is InChI=1S/C26H26N2OS/c1-17-11-13-21(27-16-22-14-12-18(2)30-22)15-25(17)26(29)28-19(3)23-10-6-8-20-7-4-5-9-24(20)23/h4-15,19,27H,16H2,1-3H3,(H,28,29)/t19-/m1/s1. The van der Waals surface area contributed by atoms with Gasteiger partial charge in [0.2, 0.25) is 0 Å². The van der Waals surface area contributed by atoms with Gasteiger partial charge in [0.25, 0.3) is 5.91 Å². The first-order valence-corrected chi connectivity index (χ1v) is 11.0. The minimum absolute atomic E-state index is 0.0523. The zero-order chi connectivity index (χ0) is 21.1. The summed E-state index contributed by atoms with van der Waals surface area (Å²) in [4.78, 5) is 15.7. The van der Waals surface area contributed by atoms with Crippen LogP contribution in [0.1, 0.15) is 44.2 Å². The lowest BCUT2D eigenvalue weighted by Gasteiger charge is -2.18. The molecule has 0 spiro atoms. The maximum Gasteiger partial charge on any atom is 0.252 e. The van der Waals surface area contributed by atoms with Crippen molar-refractivity contribution in [2.75, 3.05) is 5.32 Å². The number of amides is 1. The van der Waals surface area contributed by atoms with Crippen LogP contribution in [0.5, 0.6) is 0 Å². The molecule has 0 unspecified atom stereocenters. The lowest BCUT2D eigenvalue weighted by molar-refractivity contribution is 0.0939. The van der Waals surface area contributed by atoms with Crippen LogP contribution in [0.4, 0.5) is 5.69 Å². The normalized spacial score (nSPS) is 12.0.